The number of imidazole rings is 1. The number of carbonyl (C=O) groups excluding carboxylic acids is 4. The zero-order valence-electron chi connectivity index (χ0n) is 27.5. The van der Waals surface area contributed by atoms with Crippen LogP contribution in [0.1, 0.15) is 30.0 Å². The van der Waals surface area contributed by atoms with Gasteiger partial charge in [0.05, 0.1) is 17.5 Å². The Morgan fingerprint density at radius 1 is 0.981 bits per heavy atom. The van der Waals surface area contributed by atoms with Crippen LogP contribution in [0, 0.1) is 5.82 Å². The molecule has 4 heterocycles. The summed E-state index contributed by atoms with van der Waals surface area (Å²) in [4.78, 5) is 64.3. The molecule has 1 atom stereocenters. The van der Waals surface area contributed by atoms with Gasteiger partial charge in [-0.1, -0.05) is 12.1 Å². The highest BCUT2D eigenvalue weighted by Gasteiger charge is 2.38. The summed E-state index contributed by atoms with van der Waals surface area (Å²) in [5.41, 5.74) is 4.19. The number of nitrogens with one attached hydrogen (secondary N) is 3. The molecule has 3 aliphatic heterocycles. The molecule has 4 amide bonds. The number of fused-ring (bicyclic) bond motifs is 3. The van der Waals surface area contributed by atoms with Crippen molar-refractivity contribution < 1.29 is 37.1 Å². The van der Waals surface area contributed by atoms with Crippen molar-refractivity contribution in [1.82, 2.24) is 19.2 Å². The van der Waals surface area contributed by atoms with Crippen molar-refractivity contribution in [1.29, 1.82) is 0 Å². The molecule has 0 saturated carbocycles. The molecule has 2 saturated heterocycles. The summed E-state index contributed by atoms with van der Waals surface area (Å²) in [5.74, 6) is -3.76. The van der Waals surface area contributed by atoms with Crippen LogP contribution < -0.4 is 30.3 Å². The summed E-state index contributed by atoms with van der Waals surface area (Å²) in [7, 11) is -2.71. The minimum absolute atomic E-state index is 0.0169. The van der Waals surface area contributed by atoms with E-state index in [0.717, 1.165) is 22.5 Å². The fourth-order valence-corrected chi connectivity index (χ4v) is 8.44. The highest BCUT2D eigenvalue weighted by atomic mass is 32.2. The molecule has 15 nitrogen and oxygen atoms in total. The van der Waals surface area contributed by atoms with Gasteiger partial charge >= 0.3 is 15.9 Å². The summed E-state index contributed by atoms with van der Waals surface area (Å²) in [6.07, 6.45) is 1.16. The number of hydrogen-bond donors (Lipinski definition) is 4. The zero-order valence-corrected chi connectivity index (χ0v) is 28.3. The largest absolute Gasteiger partial charge is 0.506 e. The second-order valence-corrected chi connectivity index (χ2v) is 14.6. The van der Waals surface area contributed by atoms with Crippen molar-refractivity contribution in [3.63, 3.8) is 0 Å². The van der Waals surface area contributed by atoms with Crippen molar-refractivity contribution in [3.8, 4) is 5.75 Å². The molecule has 0 radical (unpaired) electrons. The number of rotatable bonds is 6. The number of hydrogen-bond acceptors (Lipinski definition) is 9. The quantitative estimate of drug-likeness (QED) is 0.190. The van der Waals surface area contributed by atoms with Crippen molar-refractivity contribution in [2.75, 3.05) is 27.6 Å². The summed E-state index contributed by atoms with van der Waals surface area (Å²) < 4.78 is 45.1. The Hall–Kier alpha value is -6.23. The lowest BCUT2D eigenvalue weighted by Crippen LogP contribution is -2.44. The Balaban J connectivity index is 0.985. The molecule has 8 rings (SSSR count). The number of nitrogens with zero attached hydrogens (tertiary/aromatic N) is 4. The number of benzene rings is 4. The molecule has 0 spiro atoms. The fraction of sp³-hybridized carbons (Fsp3) is 0.229. The van der Waals surface area contributed by atoms with E-state index >= 15 is 4.39 Å². The number of aromatic hydroxyl groups is 1. The number of imide groups is 1. The van der Waals surface area contributed by atoms with Crippen LogP contribution in [0.3, 0.4) is 0 Å². The molecule has 3 aliphatic rings. The topological polar surface area (TPSA) is 192 Å². The number of aromatic nitrogens is 2. The number of aryl methyl sites for hydroxylation is 1. The van der Waals surface area contributed by atoms with Crippen LogP contribution in [-0.4, -0.2) is 59.4 Å². The predicted octanol–water partition coefficient (Wildman–Crippen LogP) is 2.37. The summed E-state index contributed by atoms with van der Waals surface area (Å²) in [6.45, 7) is -0.00891. The van der Waals surface area contributed by atoms with E-state index in [0.29, 0.717) is 34.0 Å². The third-order valence-corrected chi connectivity index (χ3v) is 11.1. The predicted molar refractivity (Wildman–Crippen MR) is 188 cm³/mol. The van der Waals surface area contributed by atoms with Gasteiger partial charge in [-0.3, -0.25) is 33.6 Å². The number of phenols is 1. The molecule has 1 aromatic heterocycles. The molecule has 0 bridgehead atoms. The third kappa shape index (κ3) is 5.40. The maximum Gasteiger partial charge on any atom is 0.329 e. The maximum absolute atomic E-state index is 15.4. The van der Waals surface area contributed by atoms with Crippen LogP contribution in [0.2, 0.25) is 0 Å². The van der Waals surface area contributed by atoms with Crippen LogP contribution in [-0.2, 0) is 49.3 Å². The van der Waals surface area contributed by atoms with E-state index in [9.17, 15) is 37.5 Å². The van der Waals surface area contributed by atoms with Crippen LogP contribution in [0.5, 0.6) is 5.75 Å². The highest BCUT2D eigenvalue weighted by molar-refractivity contribution is 7.92. The van der Waals surface area contributed by atoms with E-state index in [2.05, 4.69) is 15.5 Å². The van der Waals surface area contributed by atoms with Gasteiger partial charge in [0.1, 0.15) is 24.0 Å². The molecule has 4 aromatic carbocycles. The fourth-order valence-electron chi connectivity index (χ4n) is 7.27. The van der Waals surface area contributed by atoms with Gasteiger partial charge in [-0.2, -0.15) is 8.42 Å². The van der Waals surface area contributed by atoms with Gasteiger partial charge in [0.15, 0.2) is 5.82 Å². The zero-order chi connectivity index (χ0) is 36.6. The van der Waals surface area contributed by atoms with E-state index in [1.807, 2.05) is 36.4 Å². The lowest BCUT2D eigenvalue weighted by atomic mass is 10.0. The van der Waals surface area contributed by atoms with Gasteiger partial charge in [0.25, 0.3) is 5.91 Å². The molecule has 2 fully saturated rings. The number of halogens is 1. The first-order valence-corrected chi connectivity index (χ1v) is 17.8. The number of piperidine rings is 1. The van der Waals surface area contributed by atoms with E-state index in [1.54, 1.807) is 11.8 Å². The van der Waals surface area contributed by atoms with Crippen LogP contribution in [0.25, 0.3) is 21.8 Å². The first-order valence-electron chi connectivity index (χ1n) is 16.3. The Bertz CT molecular complexity index is 2600. The Labute approximate surface area is 294 Å². The number of carbonyl (C=O) groups is 4. The molecule has 17 heteroatoms. The van der Waals surface area contributed by atoms with Gasteiger partial charge in [-0.25, -0.2) is 18.2 Å². The molecular formula is C35H30FN7O8S. The summed E-state index contributed by atoms with van der Waals surface area (Å²) >= 11 is 0. The lowest BCUT2D eigenvalue weighted by Gasteiger charge is -2.22. The molecule has 52 heavy (non-hydrogen) atoms. The smallest absolute Gasteiger partial charge is 0.329 e. The molecular weight excluding hydrogens is 697 g/mol. The monoisotopic (exact) mass is 727 g/mol. The van der Waals surface area contributed by atoms with Crippen LogP contribution in [0.15, 0.2) is 65.5 Å². The van der Waals surface area contributed by atoms with Gasteiger partial charge < -0.3 is 15.3 Å². The van der Waals surface area contributed by atoms with Crippen molar-refractivity contribution in [3.05, 3.63) is 88.1 Å². The van der Waals surface area contributed by atoms with E-state index in [1.165, 1.54) is 33.4 Å². The second-order valence-electron chi connectivity index (χ2n) is 13.0. The van der Waals surface area contributed by atoms with Gasteiger partial charge in [0, 0.05) is 42.5 Å². The number of anilines is 4. The van der Waals surface area contributed by atoms with Gasteiger partial charge in [-0.05, 0) is 77.9 Å². The first kappa shape index (κ1) is 32.9. The number of phenolic OH excluding ortho intramolecular Hbond substituents is 1. The molecule has 5 aromatic rings. The van der Waals surface area contributed by atoms with E-state index in [-0.39, 0.29) is 47.5 Å². The Morgan fingerprint density at radius 3 is 2.54 bits per heavy atom. The average Bonchev–Trinajstić information content (AvgIpc) is 3.70. The first-order chi connectivity index (χ1) is 24.8. The minimum Gasteiger partial charge on any atom is -0.506 e. The maximum atomic E-state index is 15.4. The van der Waals surface area contributed by atoms with Crippen molar-refractivity contribution in [2.24, 2.45) is 7.05 Å². The summed E-state index contributed by atoms with van der Waals surface area (Å²) in [5, 5.41) is 15.8. The third-order valence-electron chi connectivity index (χ3n) is 9.69. The van der Waals surface area contributed by atoms with E-state index < -0.39 is 51.9 Å². The summed E-state index contributed by atoms with van der Waals surface area (Å²) in [6, 6.07) is 16.0. The number of amides is 4. The normalized spacial score (nSPS) is 18.2. The molecule has 1 unspecified atom stereocenters. The van der Waals surface area contributed by atoms with Crippen LogP contribution >= 0.6 is 0 Å². The van der Waals surface area contributed by atoms with Gasteiger partial charge in [-0.15, -0.1) is 0 Å². The molecule has 4 N–H and O–H groups in total. The standard InChI is InChI=1S/C35H30FN7O8S/c1-40-27-16-22(4-7-25(27)43(35(40)49)26-8-9-29(45)38-34(26)48)41-11-10-19-12-18(2-6-24(19)41)13-30(46)37-21-3-5-23-20(14-21)15-28(44)33(32(23)36)42-17-31(47)39-52(42,50)51/h2-7,12,14-16,26,44H,8-11,13,17H2,1H3,(H,37,46)(H,39,47)(H,38,45,48). The SMILES string of the molecule is Cn1c(=O)n(C2CCC(=O)NC2=O)c2ccc(N3CCc4cc(CC(=O)Nc5ccc6c(F)c(N7CC(=O)NS7(=O)=O)c(O)cc6c5)ccc43)cc21. The molecule has 266 valence electrons. The highest BCUT2D eigenvalue weighted by Crippen LogP contribution is 2.40. The lowest BCUT2D eigenvalue weighted by molar-refractivity contribution is -0.135. The second kappa shape index (κ2) is 11.9. The average molecular weight is 728 g/mol. The molecule has 0 aliphatic carbocycles. The van der Waals surface area contributed by atoms with E-state index in [4.69, 9.17) is 0 Å². The van der Waals surface area contributed by atoms with Gasteiger partial charge in [0.2, 0.25) is 17.7 Å². The Kier molecular flexibility index (Phi) is 7.56. The van der Waals surface area contributed by atoms with Crippen LogP contribution in [0.4, 0.5) is 27.1 Å². The minimum atomic E-state index is -4.35. The Morgan fingerprint density at radius 2 is 1.79 bits per heavy atom. The van der Waals surface area contributed by atoms with Crippen molar-refractivity contribution >= 4 is 78.4 Å². The van der Waals surface area contributed by atoms with Crippen molar-refractivity contribution in [2.45, 2.75) is 31.7 Å².